The average Bonchev–Trinajstić information content (AvgIpc) is 3.80. The lowest BCUT2D eigenvalue weighted by atomic mass is 10.0. The third-order valence-corrected chi connectivity index (χ3v) is 6.82. The molecule has 2 atom stereocenters. The first-order valence-electron chi connectivity index (χ1n) is 11.7. The molecule has 2 aliphatic rings. The van der Waals surface area contributed by atoms with E-state index in [1.165, 1.54) is 0 Å². The van der Waals surface area contributed by atoms with Gasteiger partial charge in [0.2, 0.25) is 5.43 Å². The second-order valence-corrected chi connectivity index (χ2v) is 9.32. The fourth-order valence-corrected chi connectivity index (χ4v) is 4.60. The Bertz CT molecular complexity index is 1540. The second kappa shape index (κ2) is 8.20. The summed E-state index contributed by atoms with van der Waals surface area (Å²) in [4.78, 5) is 41.5. The van der Waals surface area contributed by atoms with E-state index in [1.54, 1.807) is 29.1 Å². The van der Waals surface area contributed by atoms with E-state index in [1.807, 2.05) is 48.5 Å². The van der Waals surface area contributed by atoms with E-state index in [4.69, 9.17) is 0 Å². The first-order valence-corrected chi connectivity index (χ1v) is 11.7. The maximum Gasteiger partial charge on any atom is 0.307 e. The highest BCUT2D eigenvalue weighted by Crippen LogP contribution is 2.47. The maximum atomic E-state index is 13.1. The van der Waals surface area contributed by atoms with Crippen molar-refractivity contribution < 1.29 is 14.7 Å². The summed E-state index contributed by atoms with van der Waals surface area (Å²) >= 11 is 0. The highest BCUT2D eigenvalue weighted by molar-refractivity contribution is 5.97. The number of aromatic nitrogens is 2. The van der Waals surface area contributed by atoms with Gasteiger partial charge in [-0.05, 0) is 66.1 Å². The Hall–Kier alpha value is -4.26. The van der Waals surface area contributed by atoms with Crippen LogP contribution in [0.1, 0.15) is 41.1 Å². The number of hydrogen-bond donors (Lipinski definition) is 2. The number of nitrogens with zero attached hydrogens (tertiary/aromatic N) is 2. The molecule has 2 N–H and O–H groups in total. The van der Waals surface area contributed by atoms with Crippen molar-refractivity contribution in [2.75, 3.05) is 0 Å². The van der Waals surface area contributed by atoms with Crippen molar-refractivity contribution in [1.82, 2.24) is 14.9 Å². The number of carbonyl (C=O) groups excluding carboxylic acids is 1. The monoisotopic (exact) mass is 465 g/mol. The van der Waals surface area contributed by atoms with Crippen LogP contribution in [0.25, 0.3) is 27.8 Å². The summed E-state index contributed by atoms with van der Waals surface area (Å²) in [5.74, 6) is -1.29. The van der Waals surface area contributed by atoms with Gasteiger partial charge in [-0.3, -0.25) is 14.4 Å². The highest BCUT2D eigenvalue weighted by atomic mass is 16.4. The molecular formula is C28H23N3O4. The van der Waals surface area contributed by atoms with Gasteiger partial charge in [0.25, 0.3) is 5.91 Å². The van der Waals surface area contributed by atoms with Crippen molar-refractivity contribution in [3.05, 3.63) is 94.4 Å². The SMILES string of the molecule is O=C(NC1CC1)c1cn(-c2cccc(-c3ccc([C@H]4C[C@H]4C(=O)O)cc3)c2)c2ncccc2c1=O. The van der Waals surface area contributed by atoms with Crippen LogP contribution in [0.3, 0.4) is 0 Å². The lowest BCUT2D eigenvalue weighted by Gasteiger charge is -2.14. The molecule has 2 aliphatic carbocycles. The Kier molecular flexibility index (Phi) is 4.99. The molecule has 2 aromatic carbocycles. The van der Waals surface area contributed by atoms with Gasteiger partial charge < -0.3 is 15.0 Å². The number of benzene rings is 2. The third kappa shape index (κ3) is 3.99. The molecule has 0 unspecified atom stereocenters. The molecule has 6 rings (SSSR count). The van der Waals surface area contributed by atoms with Crippen LogP contribution in [0.4, 0.5) is 0 Å². The van der Waals surface area contributed by atoms with Crippen LogP contribution in [0, 0.1) is 5.92 Å². The van der Waals surface area contributed by atoms with Crippen LogP contribution in [0.2, 0.25) is 0 Å². The lowest BCUT2D eigenvalue weighted by molar-refractivity contribution is -0.138. The fraction of sp³-hybridized carbons (Fsp3) is 0.214. The first-order chi connectivity index (χ1) is 17.0. The smallest absolute Gasteiger partial charge is 0.307 e. The normalized spacial score (nSPS) is 18.9. The van der Waals surface area contributed by atoms with Crippen LogP contribution in [0.15, 0.2) is 77.9 Å². The number of aliphatic carboxylic acids is 1. The largest absolute Gasteiger partial charge is 0.481 e. The van der Waals surface area contributed by atoms with Gasteiger partial charge in [0.15, 0.2) is 0 Å². The summed E-state index contributed by atoms with van der Waals surface area (Å²) < 4.78 is 1.79. The highest BCUT2D eigenvalue weighted by Gasteiger charge is 2.44. The standard InChI is InChI=1S/C28H23N3O4/c32-25-21-5-2-12-29-26(21)31(15-24(25)27(33)30-19-10-11-19)20-4-1-3-18(13-20)16-6-8-17(9-7-16)22-14-23(22)28(34)35/h1-9,12-13,15,19,22-23H,10-11,14H2,(H,30,33)(H,34,35)/t22-,23-/m1/s1. The predicted molar refractivity (Wildman–Crippen MR) is 132 cm³/mol. The van der Waals surface area contributed by atoms with Crippen LogP contribution < -0.4 is 10.7 Å². The molecule has 4 aromatic rings. The second-order valence-electron chi connectivity index (χ2n) is 9.32. The number of hydrogen-bond acceptors (Lipinski definition) is 4. The average molecular weight is 466 g/mol. The van der Waals surface area contributed by atoms with Gasteiger partial charge in [-0.1, -0.05) is 36.4 Å². The van der Waals surface area contributed by atoms with Crippen LogP contribution in [0.5, 0.6) is 0 Å². The minimum atomic E-state index is -0.737. The van der Waals surface area contributed by atoms with Crippen LogP contribution in [-0.4, -0.2) is 32.6 Å². The van der Waals surface area contributed by atoms with E-state index >= 15 is 0 Å². The van der Waals surface area contributed by atoms with E-state index < -0.39 is 5.97 Å². The van der Waals surface area contributed by atoms with E-state index in [2.05, 4.69) is 10.3 Å². The zero-order valence-corrected chi connectivity index (χ0v) is 18.8. The summed E-state index contributed by atoms with van der Waals surface area (Å²) in [5.41, 5.74) is 4.04. The quantitative estimate of drug-likeness (QED) is 0.446. The van der Waals surface area contributed by atoms with E-state index in [0.717, 1.165) is 35.2 Å². The molecule has 0 radical (unpaired) electrons. The number of carboxylic acids is 1. The van der Waals surface area contributed by atoms with Gasteiger partial charge in [0.05, 0.1) is 11.3 Å². The summed E-state index contributed by atoms with van der Waals surface area (Å²) in [6.45, 7) is 0. The molecular weight excluding hydrogens is 442 g/mol. The molecule has 35 heavy (non-hydrogen) atoms. The molecule has 7 heteroatoms. The number of fused-ring (bicyclic) bond motifs is 1. The van der Waals surface area contributed by atoms with Crippen molar-refractivity contribution in [2.24, 2.45) is 5.92 Å². The summed E-state index contributed by atoms with van der Waals surface area (Å²) in [7, 11) is 0. The van der Waals surface area contributed by atoms with E-state index in [9.17, 15) is 19.5 Å². The summed E-state index contributed by atoms with van der Waals surface area (Å²) in [6, 6.07) is 19.4. The molecule has 0 spiro atoms. The topological polar surface area (TPSA) is 101 Å². The van der Waals surface area contributed by atoms with Crippen molar-refractivity contribution in [1.29, 1.82) is 0 Å². The maximum absolute atomic E-state index is 13.1. The number of carboxylic acid groups (broad SMARTS) is 1. The Morgan fingerprint density at radius 3 is 2.51 bits per heavy atom. The minimum absolute atomic E-state index is 0.0895. The van der Waals surface area contributed by atoms with Crippen LogP contribution >= 0.6 is 0 Å². The molecule has 2 saturated carbocycles. The molecule has 174 valence electrons. The minimum Gasteiger partial charge on any atom is -0.481 e. The zero-order chi connectivity index (χ0) is 24.1. The number of amides is 1. The van der Waals surface area contributed by atoms with Crippen molar-refractivity contribution in [3.8, 4) is 16.8 Å². The van der Waals surface area contributed by atoms with Gasteiger partial charge in [0, 0.05) is 24.1 Å². The third-order valence-electron chi connectivity index (χ3n) is 6.82. The van der Waals surface area contributed by atoms with Crippen LogP contribution in [-0.2, 0) is 4.79 Å². The lowest BCUT2D eigenvalue weighted by Crippen LogP contribution is -2.31. The number of rotatable bonds is 6. The summed E-state index contributed by atoms with van der Waals surface area (Å²) in [6.07, 6.45) is 5.78. The van der Waals surface area contributed by atoms with E-state index in [-0.39, 0.29) is 34.8 Å². The fourth-order valence-electron chi connectivity index (χ4n) is 4.60. The van der Waals surface area contributed by atoms with Crippen molar-refractivity contribution in [3.63, 3.8) is 0 Å². The first kappa shape index (κ1) is 21.3. The Morgan fingerprint density at radius 1 is 1.00 bits per heavy atom. The Morgan fingerprint density at radius 2 is 1.80 bits per heavy atom. The Balaban J connectivity index is 1.39. The van der Waals surface area contributed by atoms with Gasteiger partial charge in [-0.25, -0.2) is 4.98 Å². The molecule has 0 aliphatic heterocycles. The van der Waals surface area contributed by atoms with Crippen molar-refractivity contribution >= 4 is 22.9 Å². The number of nitrogens with one attached hydrogen (secondary N) is 1. The van der Waals surface area contributed by atoms with Gasteiger partial charge in [-0.2, -0.15) is 0 Å². The Labute approximate surface area is 201 Å². The molecule has 7 nitrogen and oxygen atoms in total. The molecule has 1 amide bonds. The molecule has 2 fully saturated rings. The van der Waals surface area contributed by atoms with Gasteiger partial charge >= 0.3 is 5.97 Å². The van der Waals surface area contributed by atoms with E-state index in [0.29, 0.717) is 17.5 Å². The van der Waals surface area contributed by atoms with Gasteiger partial charge in [0.1, 0.15) is 11.2 Å². The summed E-state index contributed by atoms with van der Waals surface area (Å²) in [5, 5.41) is 12.5. The number of pyridine rings is 2. The van der Waals surface area contributed by atoms with Gasteiger partial charge in [-0.15, -0.1) is 0 Å². The van der Waals surface area contributed by atoms with Crippen molar-refractivity contribution in [2.45, 2.75) is 31.2 Å². The molecule has 2 heterocycles. The molecule has 0 saturated heterocycles. The number of carbonyl (C=O) groups is 2. The zero-order valence-electron chi connectivity index (χ0n) is 18.8. The predicted octanol–water partition coefficient (Wildman–Crippen LogP) is 4.13. The molecule has 0 bridgehead atoms. The molecule has 2 aromatic heterocycles.